The van der Waals surface area contributed by atoms with Crippen LogP contribution in [0.4, 0.5) is 11.4 Å². The number of rotatable bonds is 4. The number of cyclic esters (lactones) is 1. The van der Waals surface area contributed by atoms with E-state index >= 15 is 0 Å². The predicted molar refractivity (Wildman–Crippen MR) is 78.0 cm³/mol. The fourth-order valence-electron chi connectivity index (χ4n) is 2.43. The summed E-state index contributed by atoms with van der Waals surface area (Å²) in [5.41, 5.74) is 0.0653. The molecule has 0 saturated carbocycles. The molecule has 1 aromatic heterocycles. The van der Waals surface area contributed by atoms with Crippen molar-refractivity contribution in [2.45, 2.75) is 12.5 Å². The second kappa shape index (κ2) is 5.91. The monoisotopic (exact) mass is 316 g/mol. The first-order valence-corrected chi connectivity index (χ1v) is 6.86. The van der Waals surface area contributed by atoms with E-state index in [9.17, 15) is 19.7 Å². The van der Waals surface area contributed by atoms with Gasteiger partial charge in [-0.15, -0.1) is 0 Å². The Kier molecular flexibility index (Phi) is 3.80. The minimum atomic E-state index is -0.838. The number of carbonyl (C=O) groups is 2. The number of furan rings is 1. The average molecular weight is 316 g/mol. The zero-order valence-electron chi connectivity index (χ0n) is 11.9. The summed E-state index contributed by atoms with van der Waals surface area (Å²) in [6.45, 7) is 0.195. The maximum atomic E-state index is 12.7. The van der Waals surface area contributed by atoms with Crippen molar-refractivity contribution in [2.75, 3.05) is 11.5 Å². The Morgan fingerprint density at radius 3 is 2.74 bits per heavy atom. The third-order valence-electron chi connectivity index (χ3n) is 3.49. The Labute approximate surface area is 130 Å². The lowest BCUT2D eigenvalue weighted by Crippen LogP contribution is -2.43. The van der Waals surface area contributed by atoms with Gasteiger partial charge in [0.15, 0.2) is 5.76 Å². The lowest BCUT2D eigenvalue weighted by Gasteiger charge is -2.25. The van der Waals surface area contributed by atoms with Crippen LogP contribution in [0.3, 0.4) is 0 Å². The summed E-state index contributed by atoms with van der Waals surface area (Å²) in [7, 11) is 0. The molecule has 2 heterocycles. The van der Waals surface area contributed by atoms with E-state index in [2.05, 4.69) is 0 Å². The topological polar surface area (TPSA) is 103 Å². The summed E-state index contributed by atoms with van der Waals surface area (Å²) in [6, 6.07) is 7.71. The van der Waals surface area contributed by atoms with Gasteiger partial charge < -0.3 is 9.15 Å². The third kappa shape index (κ3) is 2.78. The number of ether oxygens (including phenoxy) is 1. The van der Waals surface area contributed by atoms with Crippen molar-refractivity contribution in [1.82, 2.24) is 0 Å². The Balaban J connectivity index is 2.04. The molecule has 118 valence electrons. The maximum absolute atomic E-state index is 12.7. The Bertz CT molecular complexity index is 755. The molecule has 8 nitrogen and oxygen atoms in total. The van der Waals surface area contributed by atoms with Gasteiger partial charge in [-0.1, -0.05) is 6.07 Å². The smallest absolute Gasteiger partial charge is 0.329 e. The van der Waals surface area contributed by atoms with Gasteiger partial charge in [-0.3, -0.25) is 19.8 Å². The standard InChI is InChI=1S/C15H12N2O6/c18-14(13-5-2-7-22-13)16(12-6-8-23-15(12)19)10-3-1-4-11(9-10)17(20)21/h1-5,7,9,12H,6,8H2. The first-order chi connectivity index (χ1) is 11.1. The summed E-state index contributed by atoms with van der Waals surface area (Å²) < 4.78 is 10.0. The number of non-ortho nitro benzene ring substituents is 1. The Morgan fingerprint density at radius 1 is 1.30 bits per heavy atom. The first-order valence-electron chi connectivity index (χ1n) is 6.86. The fraction of sp³-hybridized carbons (Fsp3) is 0.200. The normalized spacial score (nSPS) is 16.9. The highest BCUT2D eigenvalue weighted by Crippen LogP contribution is 2.28. The molecule has 1 unspecified atom stereocenters. The van der Waals surface area contributed by atoms with Crippen molar-refractivity contribution in [2.24, 2.45) is 0 Å². The Morgan fingerprint density at radius 2 is 2.13 bits per heavy atom. The zero-order valence-corrected chi connectivity index (χ0v) is 11.9. The number of nitro benzene ring substituents is 1. The van der Waals surface area contributed by atoms with Crippen LogP contribution in [0, 0.1) is 10.1 Å². The molecule has 3 rings (SSSR count). The van der Waals surface area contributed by atoms with Crippen molar-refractivity contribution in [1.29, 1.82) is 0 Å². The third-order valence-corrected chi connectivity index (χ3v) is 3.49. The van der Waals surface area contributed by atoms with Gasteiger partial charge in [-0.05, 0) is 18.2 Å². The molecule has 1 aromatic carbocycles. The highest BCUT2D eigenvalue weighted by Gasteiger charge is 2.38. The number of hydrogen-bond donors (Lipinski definition) is 0. The van der Waals surface area contributed by atoms with Crippen molar-refractivity contribution in [3.05, 3.63) is 58.5 Å². The van der Waals surface area contributed by atoms with Crippen molar-refractivity contribution in [3.63, 3.8) is 0 Å². The van der Waals surface area contributed by atoms with Gasteiger partial charge in [-0.2, -0.15) is 0 Å². The van der Waals surface area contributed by atoms with E-state index in [1.807, 2.05) is 0 Å². The van der Waals surface area contributed by atoms with Gasteiger partial charge in [0, 0.05) is 18.6 Å². The number of anilines is 1. The van der Waals surface area contributed by atoms with Gasteiger partial charge in [-0.25, -0.2) is 4.79 Å². The molecule has 1 atom stereocenters. The molecule has 1 aliphatic heterocycles. The molecule has 0 spiro atoms. The van der Waals surface area contributed by atoms with Gasteiger partial charge in [0.1, 0.15) is 6.04 Å². The van der Waals surface area contributed by atoms with Gasteiger partial charge in [0.05, 0.1) is 23.5 Å². The average Bonchev–Trinajstić information content (AvgIpc) is 3.20. The van der Waals surface area contributed by atoms with E-state index in [1.165, 1.54) is 41.5 Å². The number of carbonyl (C=O) groups excluding carboxylic acids is 2. The summed E-state index contributed by atoms with van der Waals surface area (Å²) in [5.74, 6) is -1.06. The van der Waals surface area contributed by atoms with Crippen LogP contribution in [0.25, 0.3) is 0 Å². The van der Waals surface area contributed by atoms with Gasteiger partial charge in [0.25, 0.3) is 11.6 Å². The maximum Gasteiger partial charge on any atom is 0.329 e. The zero-order chi connectivity index (χ0) is 16.4. The molecule has 23 heavy (non-hydrogen) atoms. The first kappa shape index (κ1) is 14.8. The van der Waals surface area contributed by atoms with E-state index < -0.39 is 22.8 Å². The van der Waals surface area contributed by atoms with Crippen LogP contribution >= 0.6 is 0 Å². The highest BCUT2D eigenvalue weighted by atomic mass is 16.6. The van der Waals surface area contributed by atoms with E-state index in [4.69, 9.17) is 9.15 Å². The Hall–Kier alpha value is -3.16. The summed E-state index contributed by atoms with van der Waals surface area (Å²) in [6.07, 6.45) is 1.65. The largest absolute Gasteiger partial charge is 0.464 e. The second-order valence-corrected chi connectivity index (χ2v) is 4.90. The van der Waals surface area contributed by atoms with Gasteiger partial charge >= 0.3 is 5.97 Å². The fourth-order valence-corrected chi connectivity index (χ4v) is 2.43. The van der Waals surface area contributed by atoms with Crippen LogP contribution in [-0.4, -0.2) is 29.4 Å². The van der Waals surface area contributed by atoms with Crippen molar-refractivity contribution < 1.29 is 23.7 Å². The molecule has 0 bridgehead atoms. The van der Waals surface area contributed by atoms with E-state index in [-0.39, 0.29) is 23.7 Å². The summed E-state index contributed by atoms with van der Waals surface area (Å²) in [5, 5.41) is 11.0. The molecule has 0 aliphatic carbocycles. The van der Waals surface area contributed by atoms with E-state index in [1.54, 1.807) is 6.07 Å². The number of hydrogen-bond acceptors (Lipinski definition) is 6. The molecular weight excluding hydrogens is 304 g/mol. The van der Waals surface area contributed by atoms with Gasteiger partial charge in [0.2, 0.25) is 0 Å². The molecule has 1 saturated heterocycles. The molecule has 1 fully saturated rings. The minimum absolute atomic E-state index is 0.0382. The number of benzene rings is 1. The van der Waals surface area contributed by atoms with Crippen molar-refractivity contribution in [3.8, 4) is 0 Å². The minimum Gasteiger partial charge on any atom is -0.464 e. The molecule has 2 aromatic rings. The van der Waals surface area contributed by atoms with Crippen LogP contribution in [0.2, 0.25) is 0 Å². The van der Waals surface area contributed by atoms with Crippen LogP contribution in [-0.2, 0) is 9.53 Å². The van der Waals surface area contributed by atoms with E-state index in [0.717, 1.165) is 0 Å². The molecule has 0 radical (unpaired) electrons. The molecule has 8 heteroatoms. The SMILES string of the molecule is O=C1OCCC1N(C(=O)c1ccco1)c1cccc([N+](=O)[O-])c1. The molecular formula is C15H12N2O6. The lowest BCUT2D eigenvalue weighted by atomic mass is 10.1. The van der Waals surface area contributed by atoms with Crippen LogP contribution in [0.1, 0.15) is 17.0 Å². The highest BCUT2D eigenvalue weighted by molar-refractivity contribution is 6.08. The number of esters is 1. The van der Waals surface area contributed by atoms with E-state index in [0.29, 0.717) is 6.42 Å². The second-order valence-electron chi connectivity index (χ2n) is 4.90. The predicted octanol–water partition coefficient (Wildman–Crippen LogP) is 2.15. The number of amides is 1. The van der Waals surface area contributed by atoms with Crippen molar-refractivity contribution >= 4 is 23.3 Å². The lowest BCUT2D eigenvalue weighted by molar-refractivity contribution is -0.384. The molecule has 1 amide bonds. The molecule has 0 N–H and O–H groups in total. The van der Waals surface area contributed by atoms with Crippen LogP contribution < -0.4 is 4.90 Å². The quantitative estimate of drug-likeness (QED) is 0.486. The molecule has 1 aliphatic rings. The summed E-state index contributed by atoms with van der Waals surface area (Å²) in [4.78, 5) is 36.1. The van der Waals surface area contributed by atoms with Crippen LogP contribution in [0.15, 0.2) is 47.1 Å². The number of nitro groups is 1. The number of nitrogens with zero attached hydrogens (tertiary/aromatic N) is 2. The van der Waals surface area contributed by atoms with Crippen LogP contribution in [0.5, 0.6) is 0 Å². The summed E-state index contributed by atoms with van der Waals surface area (Å²) >= 11 is 0.